The standard InChI is InChI=1S/C18H28.C10H14.C5H12.2C4H10.C3H6.3C2H6.CH4/c1-4-15(5-2)16-10-12-18(13-11-16)17-8-6-14(3)7-9-17;1-3-4-10-7-5-9(2)6-8-10;1-3-5-4-2;1-4(2)3;1-3-4-2;1-3-2;3*1-2;/h6-9,15-16,18H,4-5,10-13H2,1-3H3;3-5,7-9H,6H2,1-2H3;3-5H2,1-2H3;4H,1-3H3;3-4H2,1-2H3;3H,1H2,2H3;3*1-2H3;1H4/b;4-3+;;;;;;;;. The lowest BCUT2D eigenvalue weighted by atomic mass is 9.72. The Hall–Kier alpha value is -1.82. The van der Waals surface area contributed by atoms with Gasteiger partial charge in [0.2, 0.25) is 0 Å². The molecule has 51 heavy (non-hydrogen) atoms. The van der Waals surface area contributed by atoms with Gasteiger partial charge in [-0.1, -0.05) is 229 Å². The van der Waals surface area contributed by atoms with Crippen molar-refractivity contribution in [1.82, 2.24) is 0 Å². The predicted octanol–water partition coefficient (Wildman–Crippen LogP) is 19.4. The second kappa shape index (κ2) is 54.9. The van der Waals surface area contributed by atoms with Crippen LogP contribution in [0.3, 0.4) is 0 Å². The molecule has 1 aromatic rings. The van der Waals surface area contributed by atoms with E-state index < -0.39 is 0 Å². The Morgan fingerprint density at radius 3 is 1.41 bits per heavy atom. The van der Waals surface area contributed by atoms with Gasteiger partial charge >= 0.3 is 0 Å². The van der Waals surface area contributed by atoms with Crippen molar-refractivity contribution < 1.29 is 0 Å². The minimum absolute atomic E-state index is 0. The summed E-state index contributed by atoms with van der Waals surface area (Å²) < 4.78 is 0. The highest BCUT2D eigenvalue weighted by Gasteiger charge is 2.26. The summed E-state index contributed by atoms with van der Waals surface area (Å²) in [6.45, 7) is 43.7. The zero-order valence-corrected chi connectivity index (χ0v) is 38.4. The first kappa shape index (κ1) is 64.2. The normalized spacial score (nSPS) is 16.3. The lowest BCUT2D eigenvalue weighted by Crippen LogP contribution is -2.20. The fourth-order valence-electron chi connectivity index (χ4n) is 5.13. The summed E-state index contributed by atoms with van der Waals surface area (Å²) in [5, 5.41) is 0. The molecule has 0 bridgehead atoms. The van der Waals surface area contributed by atoms with Crippen LogP contribution in [0, 0.1) is 30.6 Å². The molecule has 1 atom stereocenters. The molecule has 0 aromatic heterocycles. The van der Waals surface area contributed by atoms with E-state index in [2.05, 4.69) is 137 Å². The van der Waals surface area contributed by atoms with Crippen LogP contribution in [-0.4, -0.2) is 0 Å². The Bertz CT molecular complexity index is 784. The maximum atomic E-state index is 3.36. The van der Waals surface area contributed by atoms with Gasteiger partial charge in [0.05, 0.1) is 0 Å². The molecule has 0 heteroatoms. The van der Waals surface area contributed by atoms with Crippen LogP contribution in [0.2, 0.25) is 0 Å². The molecule has 306 valence electrons. The molecule has 1 aromatic carbocycles. The molecule has 2 aliphatic carbocycles. The number of benzene rings is 1. The second-order valence-corrected chi connectivity index (χ2v) is 13.4. The molecule has 0 heterocycles. The number of unbranched alkanes of at least 4 members (excludes halogenated alkanes) is 3. The number of allylic oxidation sites excluding steroid dienone is 7. The molecular weight excluding hydrogens is 613 g/mol. The van der Waals surface area contributed by atoms with Gasteiger partial charge in [-0.25, -0.2) is 0 Å². The van der Waals surface area contributed by atoms with Gasteiger partial charge in [0.25, 0.3) is 0 Å². The first-order chi connectivity index (χ1) is 24.0. The van der Waals surface area contributed by atoms with Crippen molar-refractivity contribution >= 4 is 0 Å². The topological polar surface area (TPSA) is 0 Å². The highest BCUT2D eigenvalue weighted by molar-refractivity contribution is 5.33. The quantitative estimate of drug-likeness (QED) is 0.235. The van der Waals surface area contributed by atoms with Crippen LogP contribution in [-0.2, 0) is 0 Å². The van der Waals surface area contributed by atoms with Gasteiger partial charge in [-0.3, -0.25) is 0 Å². The largest absolute Gasteiger partial charge is 0.103 e. The van der Waals surface area contributed by atoms with Crippen LogP contribution < -0.4 is 0 Å². The third kappa shape index (κ3) is 48.2. The van der Waals surface area contributed by atoms with E-state index in [1.54, 1.807) is 11.6 Å². The summed E-state index contributed by atoms with van der Waals surface area (Å²) in [5.74, 6) is 4.37. The maximum absolute atomic E-state index is 3.36. The molecule has 0 radical (unpaired) electrons. The van der Waals surface area contributed by atoms with Crippen LogP contribution >= 0.6 is 0 Å². The van der Waals surface area contributed by atoms with E-state index in [1.807, 2.05) is 55.4 Å². The van der Waals surface area contributed by atoms with Gasteiger partial charge in [-0.05, 0) is 93.6 Å². The van der Waals surface area contributed by atoms with E-state index in [0.29, 0.717) is 0 Å². The molecule has 1 saturated carbocycles. The van der Waals surface area contributed by atoms with Crippen molar-refractivity contribution in [2.24, 2.45) is 23.7 Å². The molecule has 0 saturated heterocycles. The fourth-order valence-corrected chi connectivity index (χ4v) is 5.13. The Morgan fingerprint density at radius 2 is 1.14 bits per heavy atom. The SMILES string of the molecule is C.C/C=C/C1=CCC(C)C=C1.C=CC.CC.CC.CC.CC(C)C.CCC(CC)C1CCC(c2ccc(C)cc2)CC1.CCCC.CCCCC. The number of rotatable bonds is 8. The van der Waals surface area contributed by atoms with Crippen LogP contribution in [0.1, 0.15) is 226 Å². The average molecular weight is 715 g/mol. The van der Waals surface area contributed by atoms with Gasteiger partial charge in [0.15, 0.2) is 0 Å². The molecule has 1 fully saturated rings. The lowest BCUT2D eigenvalue weighted by molar-refractivity contribution is 0.221. The molecular formula is C51H102. The Balaban J connectivity index is -0.000000100. The van der Waals surface area contributed by atoms with Crippen molar-refractivity contribution in [3.05, 3.63) is 84.0 Å². The third-order valence-corrected chi connectivity index (χ3v) is 7.94. The van der Waals surface area contributed by atoms with Crippen LogP contribution in [0.15, 0.2) is 72.9 Å². The van der Waals surface area contributed by atoms with Crippen molar-refractivity contribution in [2.45, 2.75) is 222 Å². The van der Waals surface area contributed by atoms with E-state index in [-0.39, 0.29) is 7.43 Å². The highest BCUT2D eigenvalue weighted by Crippen LogP contribution is 2.40. The van der Waals surface area contributed by atoms with Crippen molar-refractivity contribution in [2.75, 3.05) is 0 Å². The lowest BCUT2D eigenvalue weighted by Gasteiger charge is -2.33. The summed E-state index contributed by atoms with van der Waals surface area (Å²) >= 11 is 0. The molecule has 2 aliphatic rings. The summed E-state index contributed by atoms with van der Waals surface area (Å²) in [7, 11) is 0. The monoisotopic (exact) mass is 715 g/mol. The second-order valence-electron chi connectivity index (χ2n) is 13.4. The summed E-state index contributed by atoms with van der Waals surface area (Å²) in [5.41, 5.74) is 4.30. The van der Waals surface area contributed by atoms with Crippen LogP contribution in [0.25, 0.3) is 0 Å². The molecule has 0 nitrogen and oxygen atoms in total. The minimum Gasteiger partial charge on any atom is -0.103 e. The third-order valence-electron chi connectivity index (χ3n) is 7.94. The van der Waals surface area contributed by atoms with Gasteiger partial charge in [0, 0.05) is 0 Å². The highest BCUT2D eigenvalue weighted by atomic mass is 14.3. The smallest absolute Gasteiger partial charge is 0.0162 e. The summed E-state index contributed by atoms with van der Waals surface area (Å²) in [6, 6.07) is 9.22. The van der Waals surface area contributed by atoms with Gasteiger partial charge in [-0.2, -0.15) is 0 Å². The number of hydrogen-bond acceptors (Lipinski definition) is 0. The van der Waals surface area contributed by atoms with Gasteiger partial charge < -0.3 is 0 Å². The molecule has 0 N–H and O–H groups in total. The number of aryl methyl sites for hydroxylation is 1. The Kier molecular flexibility index (Phi) is 69.1. The first-order valence-corrected chi connectivity index (χ1v) is 21.7. The molecule has 3 rings (SSSR count). The first-order valence-electron chi connectivity index (χ1n) is 21.7. The molecule has 1 unspecified atom stereocenters. The summed E-state index contributed by atoms with van der Waals surface area (Å²) in [4.78, 5) is 0. The van der Waals surface area contributed by atoms with Crippen LogP contribution in [0.5, 0.6) is 0 Å². The van der Waals surface area contributed by atoms with Gasteiger partial charge in [0.1, 0.15) is 0 Å². The Morgan fingerprint density at radius 1 is 0.725 bits per heavy atom. The van der Waals surface area contributed by atoms with E-state index in [4.69, 9.17) is 0 Å². The van der Waals surface area contributed by atoms with Crippen LogP contribution in [0.4, 0.5) is 0 Å². The van der Waals surface area contributed by atoms with E-state index in [1.165, 1.54) is 88.2 Å². The zero-order chi connectivity index (χ0) is 40.2. The Labute approximate surface area is 328 Å². The van der Waals surface area contributed by atoms with E-state index >= 15 is 0 Å². The zero-order valence-electron chi connectivity index (χ0n) is 38.4. The van der Waals surface area contributed by atoms with E-state index in [0.717, 1.165) is 29.6 Å². The molecule has 0 aliphatic heterocycles. The maximum Gasteiger partial charge on any atom is -0.0162 e. The van der Waals surface area contributed by atoms with Gasteiger partial charge in [-0.15, -0.1) is 6.58 Å². The fraction of sp³-hybridized carbons (Fsp3) is 0.725. The number of hydrogen-bond donors (Lipinski definition) is 0. The predicted molar refractivity (Wildman–Crippen MR) is 249 cm³/mol. The molecule has 0 spiro atoms. The minimum atomic E-state index is 0. The van der Waals surface area contributed by atoms with Crippen molar-refractivity contribution in [1.29, 1.82) is 0 Å². The summed E-state index contributed by atoms with van der Waals surface area (Å²) in [6.07, 6.45) is 29.1. The average Bonchev–Trinajstić information content (AvgIpc) is 3.14. The molecule has 0 amide bonds. The van der Waals surface area contributed by atoms with E-state index in [9.17, 15) is 0 Å². The van der Waals surface area contributed by atoms with Crippen molar-refractivity contribution in [3.8, 4) is 0 Å². The van der Waals surface area contributed by atoms with Crippen molar-refractivity contribution in [3.63, 3.8) is 0 Å².